The minimum atomic E-state index is -0.411. The molecule has 0 aliphatic heterocycles. The molecule has 1 aromatic rings. The average molecular weight is 304 g/mol. The van der Waals surface area contributed by atoms with E-state index in [1.54, 1.807) is 25.9 Å². The van der Waals surface area contributed by atoms with Crippen LogP contribution in [0.25, 0.3) is 0 Å². The summed E-state index contributed by atoms with van der Waals surface area (Å²) in [5.41, 5.74) is 0. The number of rotatable bonds is 4. The van der Waals surface area contributed by atoms with E-state index in [0.29, 0.717) is 11.0 Å². The monoisotopic (exact) mass is 303 g/mol. The highest BCUT2D eigenvalue weighted by molar-refractivity contribution is 9.10. The van der Waals surface area contributed by atoms with Gasteiger partial charge in [0.2, 0.25) is 5.91 Å². The van der Waals surface area contributed by atoms with Crippen molar-refractivity contribution >= 4 is 27.7 Å². The van der Waals surface area contributed by atoms with Crippen LogP contribution in [0, 0.1) is 11.7 Å². The Bertz CT molecular complexity index is 414. The standard InChI is InChI=1S/C11H15BrFN3O/c1-7(11(17)14-2)6-16(3)10-9(13)4-8(12)5-15-10/h4-5,7H,6H2,1-3H3,(H,14,17). The Morgan fingerprint density at radius 2 is 2.35 bits per heavy atom. The molecule has 0 bridgehead atoms. The summed E-state index contributed by atoms with van der Waals surface area (Å²) < 4.78 is 14.2. The highest BCUT2D eigenvalue weighted by atomic mass is 79.9. The van der Waals surface area contributed by atoms with Crippen LogP contribution in [0.1, 0.15) is 6.92 Å². The van der Waals surface area contributed by atoms with Gasteiger partial charge in [0.1, 0.15) is 0 Å². The predicted octanol–water partition coefficient (Wildman–Crippen LogP) is 1.80. The number of carbonyl (C=O) groups excluding carboxylic acids is 1. The molecule has 0 aliphatic rings. The molecule has 1 N–H and O–H groups in total. The lowest BCUT2D eigenvalue weighted by molar-refractivity contribution is -0.123. The Kier molecular flexibility index (Phi) is 4.86. The van der Waals surface area contributed by atoms with Gasteiger partial charge in [0.05, 0.1) is 5.92 Å². The quantitative estimate of drug-likeness (QED) is 0.922. The van der Waals surface area contributed by atoms with Crippen molar-refractivity contribution in [3.8, 4) is 0 Å². The van der Waals surface area contributed by atoms with Crippen LogP contribution in [0.4, 0.5) is 10.2 Å². The van der Waals surface area contributed by atoms with Gasteiger partial charge < -0.3 is 10.2 Å². The van der Waals surface area contributed by atoms with E-state index < -0.39 is 5.82 Å². The lowest BCUT2D eigenvalue weighted by atomic mass is 10.1. The lowest BCUT2D eigenvalue weighted by Gasteiger charge is -2.21. The van der Waals surface area contributed by atoms with Crippen LogP contribution in [0.15, 0.2) is 16.7 Å². The van der Waals surface area contributed by atoms with Gasteiger partial charge in [-0.1, -0.05) is 6.92 Å². The van der Waals surface area contributed by atoms with E-state index in [4.69, 9.17) is 0 Å². The molecule has 0 aliphatic carbocycles. The molecular weight excluding hydrogens is 289 g/mol. The van der Waals surface area contributed by atoms with Crippen molar-refractivity contribution in [2.24, 2.45) is 5.92 Å². The van der Waals surface area contributed by atoms with Crippen LogP contribution in [-0.2, 0) is 4.79 Å². The first-order chi connectivity index (χ1) is 7.95. The van der Waals surface area contributed by atoms with Crippen molar-refractivity contribution in [3.05, 3.63) is 22.6 Å². The third kappa shape index (κ3) is 3.66. The van der Waals surface area contributed by atoms with Gasteiger partial charge in [0.25, 0.3) is 0 Å². The summed E-state index contributed by atoms with van der Waals surface area (Å²) in [4.78, 5) is 17.0. The topological polar surface area (TPSA) is 45.2 Å². The van der Waals surface area contributed by atoms with Gasteiger partial charge in [-0.25, -0.2) is 9.37 Å². The van der Waals surface area contributed by atoms with E-state index in [9.17, 15) is 9.18 Å². The van der Waals surface area contributed by atoms with Gasteiger partial charge in [-0.15, -0.1) is 0 Å². The van der Waals surface area contributed by atoms with Crippen molar-refractivity contribution in [2.75, 3.05) is 25.5 Å². The molecule has 1 rings (SSSR count). The zero-order valence-electron chi connectivity index (χ0n) is 10.00. The van der Waals surface area contributed by atoms with Gasteiger partial charge in [0, 0.05) is 31.3 Å². The number of anilines is 1. The maximum atomic E-state index is 13.6. The molecule has 1 aromatic heterocycles. The highest BCUT2D eigenvalue weighted by Crippen LogP contribution is 2.19. The number of carbonyl (C=O) groups is 1. The van der Waals surface area contributed by atoms with Crippen molar-refractivity contribution in [3.63, 3.8) is 0 Å². The van der Waals surface area contributed by atoms with Crippen LogP contribution in [0.2, 0.25) is 0 Å². The number of hydrogen-bond acceptors (Lipinski definition) is 3. The first-order valence-electron chi connectivity index (χ1n) is 5.19. The van der Waals surface area contributed by atoms with E-state index in [1.165, 1.54) is 12.3 Å². The number of nitrogens with one attached hydrogen (secondary N) is 1. The van der Waals surface area contributed by atoms with Gasteiger partial charge in [0.15, 0.2) is 11.6 Å². The summed E-state index contributed by atoms with van der Waals surface area (Å²) in [5.74, 6) is -0.473. The third-order valence-electron chi connectivity index (χ3n) is 2.39. The largest absolute Gasteiger partial charge is 0.359 e. The minimum absolute atomic E-state index is 0.0747. The Balaban J connectivity index is 2.76. The Labute approximate surface area is 108 Å². The fraction of sp³-hybridized carbons (Fsp3) is 0.455. The molecule has 94 valence electrons. The van der Waals surface area contributed by atoms with Crippen LogP contribution in [-0.4, -0.2) is 31.5 Å². The molecule has 1 atom stereocenters. The van der Waals surface area contributed by atoms with E-state index in [2.05, 4.69) is 26.2 Å². The van der Waals surface area contributed by atoms with Gasteiger partial charge in [-0.2, -0.15) is 0 Å². The second kappa shape index (κ2) is 5.95. The Morgan fingerprint density at radius 1 is 1.71 bits per heavy atom. The number of pyridine rings is 1. The van der Waals surface area contributed by atoms with Gasteiger partial charge >= 0.3 is 0 Å². The van der Waals surface area contributed by atoms with Crippen molar-refractivity contribution in [1.82, 2.24) is 10.3 Å². The zero-order chi connectivity index (χ0) is 13.0. The van der Waals surface area contributed by atoms with Crippen molar-refractivity contribution < 1.29 is 9.18 Å². The van der Waals surface area contributed by atoms with E-state index in [1.807, 2.05) is 0 Å². The Morgan fingerprint density at radius 3 is 2.88 bits per heavy atom. The number of aromatic nitrogens is 1. The van der Waals surface area contributed by atoms with Crippen LogP contribution in [0.5, 0.6) is 0 Å². The molecular formula is C11H15BrFN3O. The fourth-order valence-corrected chi connectivity index (χ4v) is 1.82. The summed E-state index contributed by atoms with van der Waals surface area (Å²) in [5, 5.41) is 2.56. The molecule has 0 saturated carbocycles. The Hall–Kier alpha value is -1.17. The molecule has 0 aromatic carbocycles. The molecule has 0 fully saturated rings. The van der Waals surface area contributed by atoms with Crippen LogP contribution in [0.3, 0.4) is 0 Å². The molecule has 1 heterocycles. The number of halogens is 2. The summed E-state index contributed by atoms with van der Waals surface area (Å²) in [6.45, 7) is 2.19. The van der Waals surface area contributed by atoms with Crippen LogP contribution < -0.4 is 10.2 Å². The highest BCUT2D eigenvalue weighted by Gasteiger charge is 2.16. The normalized spacial score (nSPS) is 12.1. The summed E-state index contributed by atoms with van der Waals surface area (Å²) in [7, 11) is 3.29. The van der Waals surface area contributed by atoms with E-state index in [0.717, 1.165) is 0 Å². The molecule has 6 heteroatoms. The lowest BCUT2D eigenvalue weighted by Crippen LogP contribution is -2.35. The molecule has 1 unspecified atom stereocenters. The molecule has 4 nitrogen and oxygen atoms in total. The SMILES string of the molecule is CNC(=O)C(C)CN(C)c1ncc(Br)cc1F. The average Bonchev–Trinajstić information content (AvgIpc) is 2.27. The summed E-state index contributed by atoms with van der Waals surface area (Å²) >= 11 is 3.15. The number of hydrogen-bond donors (Lipinski definition) is 1. The van der Waals surface area contributed by atoms with Gasteiger partial charge in [-0.3, -0.25) is 4.79 Å². The third-order valence-corrected chi connectivity index (χ3v) is 2.83. The zero-order valence-corrected chi connectivity index (χ0v) is 11.6. The van der Waals surface area contributed by atoms with Crippen molar-refractivity contribution in [2.45, 2.75) is 6.92 Å². The van der Waals surface area contributed by atoms with E-state index >= 15 is 0 Å². The number of amides is 1. The molecule has 0 radical (unpaired) electrons. The fourth-order valence-electron chi connectivity index (χ4n) is 1.51. The molecule has 0 spiro atoms. The second-order valence-corrected chi connectivity index (χ2v) is 4.77. The van der Waals surface area contributed by atoms with Crippen LogP contribution >= 0.6 is 15.9 Å². The first-order valence-corrected chi connectivity index (χ1v) is 5.98. The van der Waals surface area contributed by atoms with Gasteiger partial charge in [-0.05, 0) is 22.0 Å². The summed E-state index contributed by atoms with van der Waals surface area (Å²) in [6, 6.07) is 1.35. The predicted molar refractivity (Wildman–Crippen MR) is 68.4 cm³/mol. The maximum Gasteiger partial charge on any atom is 0.224 e. The maximum absolute atomic E-state index is 13.6. The minimum Gasteiger partial charge on any atom is -0.359 e. The first kappa shape index (κ1) is 13.9. The molecule has 1 amide bonds. The molecule has 17 heavy (non-hydrogen) atoms. The molecule has 0 saturated heterocycles. The summed E-state index contributed by atoms with van der Waals surface area (Å²) in [6.07, 6.45) is 1.53. The van der Waals surface area contributed by atoms with Crippen molar-refractivity contribution in [1.29, 1.82) is 0 Å². The second-order valence-electron chi connectivity index (χ2n) is 3.85. The number of nitrogens with zero attached hydrogens (tertiary/aromatic N) is 2. The van der Waals surface area contributed by atoms with E-state index in [-0.39, 0.29) is 17.6 Å². The smallest absolute Gasteiger partial charge is 0.224 e.